The van der Waals surface area contributed by atoms with E-state index in [1.807, 2.05) is 55.1 Å². The van der Waals surface area contributed by atoms with Gasteiger partial charge < -0.3 is 0 Å². The Labute approximate surface area is 138 Å². The zero-order valence-electron chi connectivity index (χ0n) is 13.3. The number of aryl methyl sites for hydroxylation is 2. The third kappa shape index (κ3) is 2.90. The smallest absolute Gasteiger partial charge is 0.269 e. The van der Waals surface area contributed by atoms with Gasteiger partial charge in [-0.25, -0.2) is 5.43 Å². The van der Waals surface area contributed by atoms with Crippen molar-refractivity contribution >= 4 is 33.5 Å². The van der Waals surface area contributed by atoms with E-state index in [2.05, 4.69) is 15.6 Å². The highest BCUT2D eigenvalue weighted by atomic mass is 32.1. The number of benzene rings is 1. The maximum atomic E-state index is 12.3. The monoisotopic (exact) mass is 326 g/mol. The van der Waals surface area contributed by atoms with Gasteiger partial charge in [-0.1, -0.05) is 18.2 Å². The minimum absolute atomic E-state index is 0.197. The molecule has 23 heavy (non-hydrogen) atoms. The second kappa shape index (κ2) is 6.34. The lowest BCUT2D eigenvalue weighted by Gasteiger charge is -1.99. The van der Waals surface area contributed by atoms with Crippen LogP contribution in [0.4, 0.5) is 0 Å². The van der Waals surface area contributed by atoms with Gasteiger partial charge in [0.05, 0.1) is 17.5 Å². The Hall–Kier alpha value is -2.47. The molecular formula is C17H18N4OS. The van der Waals surface area contributed by atoms with E-state index in [1.54, 1.807) is 17.6 Å². The van der Waals surface area contributed by atoms with Crippen LogP contribution in [0.25, 0.3) is 10.1 Å². The summed E-state index contributed by atoms with van der Waals surface area (Å²) >= 11 is 1.56. The molecule has 0 atom stereocenters. The summed E-state index contributed by atoms with van der Waals surface area (Å²) in [5.74, 6) is -0.197. The second-order valence-electron chi connectivity index (χ2n) is 5.24. The first-order valence-corrected chi connectivity index (χ1v) is 8.33. The lowest BCUT2D eigenvalue weighted by atomic mass is 10.2. The highest BCUT2D eigenvalue weighted by Crippen LogP contribution is 2.25. The molecule has 0 aliphatic carbocycles. The van der Waals surface area contributed by atoms with Crippen molar-refractivity contribution in [1.29, 1.82) is 0 Å². The molecule has 0 radical (unpaired) electrons. The molecule has 1 aromatic carbocycles. The molecule has 0 saturated carbocycles. The summed E-state index contributed by atoms with van der Waals surface area (Å²) < 4.78 is 3.02. The summed E-state index contributed by atoms with van der Waals surface area (Å²) in [5, 5.41) is 11.3. The number of amides is 1. The largest absolute Gasteiger partial charge is 0.272 e. The van der Waals surface area contributed by atoms with Gasteiger partial charge in [0, 0.05) is 33.3 Å². The van der Waals surface area contributed by atoms with Crippen LogP contribution < -0.4 is 5.43 Å². The third-order valence-electron chi connectivity index (χ3n) is 3.82. The molecule has 0 unspecified atom stereocenters. The van der Waals surface area contributed by atoms with Gasteiger partial charge >= 0.3 is 0 Å². The van der Waals surface area contributed by atoms with Crippen LogP contribution in [0.15, 0.2) is 34.7 Å². The molecule has 5 nitrogen and oxygen atoms in total. The van der Waals surface area contributed by atoms with Crippen LogP contribution in [0, 0.1) is 13.8 Å². The van der Waals surface area contributed by atoms with E-state index in [0.717, 1.165) is 33.6 Å². The average Bonchev–Trinajstić information content (AvgIpc) is 3.10. The van der Waals surface area contributed by atoms with Gasteiger partial charge in [0.25, 0.3) is 5.91 Å². The maximum Gasteiger partial charge on any atom is 0.272 e. The van der Waals surface area contributed by atoms with Gasteiger partial charge in [-0.15, -0.1) is 11.3 Å². The summed E-state index contributed by atoms with van der Waals surface area (Å²) in [6.07, 6.45) is 1.66. The van der Waals surface area contributed by atoms with Crippen molar-refractivity contribution in [3.63, 3.8) is 0 Å². The van der Waals surface area contributed by atoms with Gasteiger partial charge in [-0.2, -0.15) is 10.2 Å². The molecule has 0 bridgehead atoms. The van der Waals surface area contributed by atoms with E-state index >= 15 is 0 Å². The lowest BCUT2D eigenvalue weighted by molar-refractivity contribution is 0.0957. The normalized spacial score (nSPS) is 11.4. The van der Waals surface area contributed by atoms with Crippen LogP contribution in [0.5, 0.6) is 0 Å². The van der Waals surface area contributed by atoms with E-state index in [0.29, 0.717) is 5.56 Å². The van der Waals surface area contributed by atoms with Gasteiger partial charge in [0.2, 0.25) is 0 Å². The number of hydrogen-bond donors (Lipinski definition) is 1. The number of nitrogens with zero attached hydrogens (tertiary/aromatic N) is 3. The number of carbonyl (C=O) groups excluding carboxylic acids is 1. The fourth-order valence-electron chi connectivity index (χ4n) is 2.57. The standard InChI is InChI=1S/C17H18N4OS/c1-4-21-12(3)14(11(2)20-21)9-18-19-17(22)15-10-23-16-8-6-5-7-13(15)16/h5-10H,4H2,1-3H3,(H,19,22)/b18-9-. The van der Waals surface area contributed by atoms with Crippen molar-refractivity contribution in [3.05, 3.63) is 52.2 Å². The summed E-state index contributed by atoms with van der Waals surface area (Å²) in [5.41, 5.74) is 6.16. The van der Waals surface area contributed by atoms with Crippen LogP contribution in [0.3, 0.4) is 0 Å². The van der Waals surface area contributed by atoms with Crippen molar-refractivity contribution in [3.8, 4) is 0 Å². The second-order valence-corrected chi connectivity index (χ2v) is 6.16. The number of carbonyl (C=O) groups is 1. The Balaban J connectivity index is 1.78. The highest BCUT2D eigenvalue weighted by molar-refractivity contribution is 7.17. The molecule has 0 aliphatic rings. The SMILES string of the molecule is CCn1nc(C)c(/C=N\NC(=O)c2csc3ccccc23)c1C. The summed E-state index contributed by atoms with van der Waals surface area (Å²) in [4.78, 5) is 12.3. The molecule has 3 aromatic rings. The first-order valence-electron chi connectivity index (χ1n) is 7.45. The molecular weight excluding hydrogens is 308 g/mol. The molecule has 3 rings (SSSR count). The maximum absolute atomic E-state index is 12.3. The molecule has 6 heteroatoms. The van der Waals surface area contributed by atoms with Gasteiger partial charge in [0.1, 0.15) is 0 Å². The number of rotatable bonds is 4. The van der Waals surface area contributed by atoms with Crippen molar-refractivity contribution < 1.29 is 4.79 Å². The molecule has 1 amide bonds. The number of nitrogens with one attached hydrogen (secondary N) is 1. The molecule has 0 fully saturated rings. The van der Waals surface area contributed by atoms with E-state index in [1.165, 1.54) is 0 Å². The predicted molar refractivity (Wildman–Crippen MR) is 94.3 cm³/mol. The molecule has 2 aromatic heterocycles. The Kier molecular flexibility index (Phi) is 4.25. The summed E-state index contributed by atoms with van der Waals surface area (Å²) in [7, 11) is 0. The summed E-state index contributed by atoms with van der Waals surface area (Å²) in [6, 6.07) is 7.85. The zero-order valence-corrected chi connectivity index (χ0v) is 14.1. The third-order valence-corrected chi connectivity index (χ3v) is 4.79. The van der Waals surface area contributed by atoms with Crippen LogP contribution in [0.1, 0.15) is 34.2 Å². The van der Waals surface area contributed by atoms with Gasteiger partial charge in [-0.3, -0.25) is 9.48 Å². The predicted octanol–water partition coefficient (Wildman–Crippen LogP) is 3.50. The van der Waals surface area contributed by atoms with Gasteiger partial charge in [0.15, 0.2) is 0 Å². The molecule has 0 spiro atoms. The molecule has 0 aliphatic heterocycles. The minimum atomic E-state index is -0.197. The number of fused-ring (bicyclic) bond motifs is 1. The quantitative estimate of drug-likeness (QED) is 0.589. The minimum Gasteiger partial charge on any atom is -0.269 e. The van der Waals surface area contributed by atoms with Crippen molar-refractivity contribution in [1.82, 2.24) is 15.2 Å². The fourth-order valence-corrected chi connectivity index (χ4v) is 3.52. The lowest BCUT2D eigenvalue weighted by Crippen LogP contribution is -2.17. The van der Waals surface area contributed by atoms with Crippen molar-refractivity contribution in [2.75, 3.05) is 0 Å². The van der Waals surface area contributed by atoms with E-state index in [9.17, 15) is 4.79 Å². The van der Waals surface area contributed by atoms with Crippen LogP contribution >= 0.6 is 11.3 Å². The topological polar surface area (TPSA) is 59.3 Å². The molecule has 1 N–H and O–H groups in total. The molecule has 2 heterocycles. The number of hydrogen-bond acceptors (Lipinski definition) is 4. The Morgan fingerprint density at radius 2 is 2.17 bits per heavy atom. The summed E-state index contributed by atoms with van der Waals surface area (Å²) in [6.45, 7) is 6.80. The first-order chi connectivity index (χ1) is 11.1. The van der Waals surface area contributed by atoms with E-state index in [4.69, 9.17) is 0 Å². The van der Waals surface area contributed by atoms with Crippen molar-refractivity contribution in [2.24, 2.45) is 5.10 Å². The van der Waals surface area contributed by atoms with Crippen LogP contribution in [0.2, 0.25) is 0 Å². The average molecular weight is 326 g/mol. The number of aromatic nitrogens is 2. The molecule has 118 valence electrons. The number of hydrazone groups is 1. The Morgan fingerprint density at radius 1 is 1.39 bits per heavy atom. The van der Waals surface area contributed by atoms with E-state index in [-0.39, 0.29) is 5.91 Å². The highest BCUT2D eigenvalue weighted by Gasteiger charge is 2.12. The zero-order chi connectivity index (χ0) is 16.4. The number of thiophene rings is 1. The Bertz CT molecular complexity index is 891. The van der Waals surface area contributed by atoms with Gasteiger partial charge in [-0.05, 0) is 26.8 Å². The molecule has 0 saturated heterocycles. The van der Waals surface area contributed by atoms with Crippen molar-refractivity contribution in [2.45, 2.75) is 27.3 Å². The van der Waals surface area contributed by atoms with Crippen LogP contribution in [-0.2, 0) is 6.54 Å². The first kappa shape index (κ1) is 15.4. The fraction of sp³-hybridized carbons (Fsp3) is 0.235. The Morgan fingerprint density at radius 3 is 2.91 bits per heavy atom. The van der Waals surface area contributed by atoms with Crippen LogP contribution in [-0.4, -0.2) is 21.9 Å². The van der Waals surface area contributed by atoms with E-state index < -0.39 is 0 Å².